The molecule has 128 valence electrons. The van der Waals surface area contributed by atoms with Crippen LogP contribution in [0.3, 0.4) is 0 Å². The molecule has 1 aromatic heterocycles. The second-order valence-electron chi connectivity index (χ2n) is 5.48. The van der Waals surface area contributed by atoms with Crippen LogP contribution in [0, 0.1) is 5.82 Å². The molecule has 0 radical (unpaired) electrons. The Kier molecular flexibility index (Phi) is 5.80. The number of benzene rings is 2. The fourth-order valence-electron chi connectivity index (χ4n) is 2.44. The summed E-state index contributed by atoms with van der Waals surface area (Å²) >= 11 is 1.55. The highest BCUT2D eigenvalue weighted by atomic mass is 32.1. The average Bonchev–Trinajstić information content (AvgIpc) is 3.16. The molecule has 3 aromatic rings. The number of nitrogens with one attached hydrogen (secondary N) is 1. The van der Waals surface area contributed by atoms with Gasteiger partial charge in [0.2, 0.25) is 5.91 Å². The lowest BCUT2D eigenvalue weighted by molar-refractivity contribution is -0.122. The van der Waals surface area contributed by atoms with Crippen LogP contribution < -0.4 is 10.1 Å². The van der Waals surface area contributed by atoms with Gasteiger partial charge in [0.25, 0.3) is 0 Å². The molecule has 0 unspecified atom stereocenters. The third kappa shape index (κ3) is 4.90. The molecule has 3 nitrogen and oxygen atoms in total. The van der Waals surface area contributed by atoms with Gasteiger partial charge in [-0.1, -0.05) is 36.4 Å². The minimum Gasteiger partial charge on any atom is -0.493 e. The first-order chi connectivity index (χ1) is 12.2. The molecule has 1 amide bonds. The SMILES string of the molecule is O=C(CCOc1ccccc1)N[C@H](c1ccc(F)cc1)c1cccs1. The monoisotopic (exact) mass is 355 g/mol. The molecule has 0 aliphatic heterocycles. The summed E-state index contributed by atoms with van der Waals surface area (Å²) in [6.07, 6.45) is 0.248. The molecule has 0 spiro atoms. The molecular formula is C20H18FNO2S. The highest BCUT2D eigenvalue weighted by molar-refractivity contribution is 7.10. The van der Waals surface area contributed by atoms with Crippen LogP contribution in [0.25, 0.3) is 0 Å². The maximum atomic E-state index is 13.2. The van der Waals surface area contributed by atoms with E-state index in [0.29, 0.717) is 6.61 Å². The highest BCUT2D eigenvalue weighted by Crippen LogP contribution is 2.26. The largest absolute Gasteiger partial charge is 0.493 e. The van der Waals surface area contributed by atoms with E-state index in [-0.39, 0.29) is 24.2 Å². The molecule has 0 saturated carbocycles. The summed E-state index contributed by atoms with van der Waals surface area (Å²) in [5, 5.41) is 4.97. The maximum Gasteiger partial charge on any atom is 0.224 e. The predicted molar refractivity (Wildman–Crippen MR) is 97.3 cm³/mol. The Labute approximate surface area is 150 Å². The van der Waals surface area contributed by atoms with Gasteiger partial charge in [0.1, 0.15) is 11.6 Å². The van der Waals surface area contributed by atoms with E-state index in [1.165, 1.54) is 12.1 Å². The van der Waals surface area contributed by atoms with Crippen molar-refractivity contribution in [3.8, 4) is 5.75 Å². The van der Waals surface area contributed by atoms with Crippen molar-refractivity contribution in [1.82, 2.24) is 5.32 Å². The van der Waals surface area contributed by atoms with Crippen LogP contribution in [0.5, 0.6) is 5.75 Å². The van der Waals surface area contributed by atoms with Gasteiger partial charge in [-0.15, -0.1) is 11.3 Å². The lowest BCUT2D eigenvalue weighted by Crippen LogP contribution is -2.29. The van der Waals surface area contributed by atoms with Crippen molar-refractivity contribution in [2.45, 2.75) is 12.5 Å². The van der Waals surface area contributed by atoms with Gasteiger partial charge in [0, 0.05) is 4.88 Å². The van der Waals surface area contributed by atoms with E-state index in [2.05, 4.69) is 5.32 Å². The minimum absolute atomic E-state index is 0.112. The Bertz CT molecular complexity index is 788. The number of carbonyl (C=O) groups excluding carboxylic acids is 1. The lowest BCUT2D eigenvalue weighted by Gasteiger charge is -2.18. The molecule has 0 fully saturated rings. The van der Waals surface area contributed by atoms with Gasteiger partial charge in [0.15, 0.2) is 0 Å². The van der Waals surface area contributed by atoms with Crippen molar-refractivity contribution in [3.05, 3.63) is 88.4 Å². The summed E-state index contributed by atoms with van der Waals surface area (Å²) in [6, 6.07) is 19.2. The van der Waals surface area contributed by atoms with Gasteiger partial charge >= 0.3 is 0 Å². The van der Waals surface area contributed by atoms with Gasteiger partial charge in [-0.25, -0.2) is 4.39 Å². The van der Waals surface area contributed by atoms with Crippen LogP contribution in [-0.4, -0.2) is 12.5 Å². The van der Waals surface area contributed by atoms with E-state index >= 15 is 0 Å². The molecule has 0 aliphatic rings. The number of ether oxygens (including phenoxy) is 1. The van der Waals surface area contributed by atoms with E-state index in [1.54, 1.807) is 23.5 Å². The molecule has 5 heteroatoms. The van der Waals surface area contributed by atoms with Gasteiger partial charge in [0.05, 0.1) is 19.1 Å². The van der Waals surface area contributed by atoms with Crippen molar-refractivity contribution >= 4 is 17.2 Å². The van der Waals surface area contributed by atoms with Crippen LogP contribution in [-0.2, 0) is 4.79 Å². The summed E-state index contributed by atoms with van der Waals surface area (Å²) < 4.78 is 18.7. The zero-order chi connectivity index (χ0) is 17.5. The van der Waals surface area contributed by atoms with Crippen molar-refractivity contribution < 1.29 is 13.9 Å². The molecular weight excluding hydrogens is 337 g/mol. The first kappa shape index (κ1) is 17.2. The standard InChI is InChI=1S/C20H18FNO2S/c21-16-10-8-15(9-11-16)20(18-7-4-14-25-18)22-19(23)12-13-24-17-5-2-1-3-6-17/h1-11,14,20H,12-13H2,(H,22,23)/t20-/m1/s1. The van der Waals surface area contributed by atoms with Gasteiger partial charge in [-0.2, -0.15) is 0 Å². The van der Waals surface area contributed by atoms with E-state index in [1.807, 2.05) is 47.8 Å². The Hall–Kier alpha value is -2.66. The minimum atomic E-state index is -0.295. The zero-order valence-corrected chi connectivity index (χ0v) is 14.3. The molecule has 1 atom stereocenters. The van der Waals surface area contributed by atoms with Crippen molar-refractivity contribution in [2.24, 2.45) is 0 Å². The zero-order valence-electron chi connectivity index (χ0n) is 13.5. The number of hydrogen-bond donors (Lipinski definition) is 1. The van der Waals surface area contributed by atoms with Crippen molar-refractivity contribution in [1.29, 1.82) is 0 Å². The van der Waals surface area contributed by atoms with Gasteiger partial charge < -0.3 is 10.1 Å². The number of halogens is 1. The fraction of sp³-hybridized carbons (Fsp3) is 0.150. The third-order valence-corrected chi connectivity index (χ3v) is 4.61. The van der Waals surface area contributed by atoms with E-state index in [9.17, 15) is 9.18 Å². The van der Waals surface area contributed by atoms with E-state index in [0.717, 1.165) is 16.2 Å². The quantitative estimate of drug-likeness (QED) is 0.675. The first-order valence-electron chi connectivity index (χ1n) is 7.98. The van der Waals surface area contributed by atoms with Crippen LogP contribution in [0.1, 0.15) is 22.9 Å². The Morgan fingerprint density at radius 3 is 2.48 bits per heavy atom. The molecule has 2 aromatic carbocycles. The maximum absolute atomic E-state index is 13.2. The Morgan fingerprint density at radius 2 is 1.80 bits per heavy atom. The first-order valence-corrected chi connectivity index (χ1v) is 8.86. The number of rotatable bonds is 7. The van der Waals surface area contributed by atoms with Crippen molar-refractivity contribution in [2.75, 3.05) is 6.61 Å². The van der Waals surface area contributed by atoms with Crippen LogP contribution in [0.2, 0.25) is 0 Å². The van der Waals surface area contributed by atoms with Crippen LogP contribution >= 0.6 is 11.3 Å². The number of amides is 1. The third-order valence-electron chi connectivity index (χ3n) is 3.68. The number of carbonyl (C=O) groups is 1. The van der Waals surface area contributed by atoms with Crippen molar-refractivity contribution in [3.63, 3.8) is 0 Å². The molecule has 1 N–H and O–H groups in total. The normalized spacial score (nSPS) is 11.7. The predicted octanol–water partition coefficient (Wildman–Crippen LogP) is 4.56. The van der Waals surface area contributed by atoms with Crippen LogP contribution in [0.4, 0.5) is 4.39 Å². The second kappa shape index (κ2) is 8.44. The van der Waals surface area contributed by atoms with Gasteiger partial charge in [-0.3, -0.25) is 4.79 Å². The highest BCUT2D eigenvalue weighted by Gasteiger charge is 2.18. The topological polar surface area (TPSA) is 38.3 Å². The lowest BCUT2D eigenvalue weighted by atomic mass is 10.1. The molecule has 1 heterocycles. The Balaban J connectivity index is 1.62. The summed E-state index contributed by atoms with van der Waals surface area (Å²) in [5.74, 6) is 0.332. The molecule has 0 bridgehead atoms. The smallest absolute Gasteiger partial charge is 0.224 e. The number of thiophene rings is 1. The molecule has 0 aliphatic carbocycles. The number of hydrogen-bond acceptors (Lipinski definition) is 3. The number of para-hydroxylation sites is 1. The summed E-state index contributed by atoms with van der Waals surface area (Å²) in [7, 11) is 0. The van der Waals surface area contributed by atoms with E-state index in [4.69, 9.17) is 4.74 Å². The fourth-order valence-corrected chi connectivity index (χ4v) is 3.24. The Morgan fingerprint density at radius 1 is 1.04 bits per heavy atom. The summed E-state index contributed by atoms with van der Waals surface area (Å²) in [6.45, 7) is 0.302. The summed E-state index contributed by atoms with van der Waals surface area (Å²) in [5.41, 5.74) is 0.848. The molecule has 0 saturated heterocycles. The second-order valence-corrected chi connectivity index (χ2v) is 6.46. The van der Waals surface area contributed by atoms with Gasteiger partial charge in [-0.05, 0) is 41.3 Å². The summed E-state index contributed by atoms with van der Waals surface area (Å²) in [4.78, 5) is 13.3. The average molecular weight is 355 g/mol. The molecule has 25 heavy (non-hydrogen) atoms. The van der Waals surface area contributed by atoms with E-state index < -0.39 is 0 Å². The van der Waals surface area contributed by atoms with Crippen LogP contribution in [0.15, 0.2) is 72.1 Å². The molecule has 3 rings (SSSR count).